The number of hydrogen-bond acceptors (Lipinski definition) is 3. The summed E-state index contributed by atoms with van der Waals surface area (Å²) in [4.78, 5) is 2.19. The first-order valence-corrected chi connectivity index (χ1v) is 6.65. The zero-order valence-electron chi connectivity index (χ0n) is 12.3. The van der Waals surface area contributed by atoms with Gasteiger partial charge in [0.2, 0.25) is 0 Å². The number of nitrogens with two attached hydrogens (primary N) is 1. The quantitative estimate of drug-likeness (QED) is 0.601. The predicted octanol–water partition coefficient (Wildman–Crippen LogP) is 2.48. The summed E-state index contributed by atoms with van der Waals surface area (Å²) in [6, 6.07) is 8.88. The number of benzene rings is 1. The first-order valence-electron chi connectivity index (χ1n) is 6.65. The van der Waals surface area contributed by atoms with Crippen molar-refractivity contribution < 1.29 is 0 Å². The molecule has 1 aromatic rings. The Morgan fingerprint density at radius 1 is 1.22 bits per heavy atom. The van der Waals surface area contributed by atoms with Gasteiger partial charge in [-0.3, -0.25) is 11.3 Å². The van der Waals surface area contributed by atoms with Crippen molar-refractivity contribution in [1.29, 1.82) is 0 Å². The highest BCUT2D eigenvalue weighted by atomic mass is 15.3. The van der Waals surface area contributed by atoms with Gasteiger partial charge in [0.15, 0.2) is 0 Å². The highest BCUT2D eigenvalue weighted by molar-refractivity contribution is 5.27. The fraction of sp³-hybridized carbons (Fsp3) is 0.600. The second-order valence-electron chi connectivity index (χ2n) is 5.64. The average Bonchev–Trinajstić information content (AvgIpc) is 2.32. The van der Waals surface area contributed by atoms with Crippen LogP contribution in [0.5, 0.6) is 0 Å². The topological polar surface area (TPSA) is 41.3 Å². The Bertz CT molecular complexity index is 355. The lowest BCUT2D eigenvalue weighted by molar-refractivity contribution is 0.138. The van der Waals surface area contributed by atoms with Crippen LogP contribution in [0.2, 0.25) is 0 Å². The fourth-order valence-electron chi connectivity index (χ4n) is 2.13. The van der Waals surface area contributed by atoms with E-state index in [1.54, 1.807) is 0 Å². The number of aryl methyl sites for hydroxylation is 1. The lowest BCUT2D eigenvalue weighted by Gasteiger charge is -2.40. The summed E-state index contributed by atoms with van der Waals surface area (Å²) in [5, 5.41) is 0. The maximum absolute atomic E-state index is 5.75. The SMILES string of the molecule is CCCc1ccc(C(NN)C(C)(C)N(C)C)cc1. The van der Waals surface area contributed by atoms with Crippen LogP contribution in [0.25, 0.3) is 0 Å². The Kier molecular flexibility index (Phi) is 5.32. The standard InChI is InChI=1S/C15H27N3/c1-6-7-12-8-10-13(11-9-12)14(17-16)15(2,3)18(4)5/h8-11,14,17H,6-7,16H2,1-5H3. The van der Waals surface area contributed by atoms with Gasteiger partial charge in [-0.05, 0) is 45.5 Å². The van der Waals surface area contributed by atoms with E-state index >= 15 is 0 Å². The van der Waals surface area contributed by atoms with Crippen LogP contribution >= 0.6 is 0 Å². The highest BCUT2D eigenvalue weighted by Crippen LogP contribution is 2.28. The number of hydrogen-bond donors (Lipinski definition) is 2. The van der Waals surface area contributed by atoms with Crippen molar-refractivity contribution >= 4 is 0 Å². The van der Waals surface area contributed by atoms with E-state index in [9.17, 15) is 0 Å². The van der Waals surface area contributed by atoms with Gasteiger partial charge in [-0.25, -0.2) is 0 Å². The van der Waals surface area contributed by atoms with E-state index in [1.165, 1.54) is 17.5 Å². The van der Waals surface area contributed by atoms with Crippen LogP contribution in [-0.4, -0.2) is 24.5 Å². The van der Waals surface area contributed by atoms with Gasteiger partial charge < -0.3 is 4.90 Å². The Labute approximate surface area is 111 Å². The molecule has 0 aliphatic rings. The Hall–Kier alpha value is -0.900. The van der Waals surface area contributed by atoms with Gasteiger partial charge in [0, 0.05) is 5.54 Å². The molecule has 0 spiro atoms. The molecule has 0 saturated carbocycles. The van der Waals surface area contributed by atoms with Crippen molar-refractivity contribution in [3.8, 4) is 0 Å². The molecule has 3 heteroatoms. The van der Waals surface area contributed by atoms with E-state index in [2.05, 4.69) is 69.5 Å². The molecule has 1 aromatic carbocycles. The molecule has 1 unspecified atom stereocenters. The minimum atomic E-state index is -0.0407. The number of likely N-dealkylation sites (N-methyl/N-ethyl adjacent to an activating group) is 1. The van der Waals surface area contributed by atoms with Crippen molar-refractivity contribution in [2.24, 2.45) is 5.84 Å². The number of rotatable bonds is 6. The zero-order valence-corrected chi connectivity index (χ0v) is 12.3. The third-order valence-electron chi connectivity index (χ3n) is 3.88. The van der Waals surface area contributed by atoms with Crippen molar-refractivity contribution in [3.63, 3.8) is 0 Å². The first-order chi connectivity index (χ1) is 8.43. The molecule has 0 heterocycles. The molecule has 0 bridgehead atoms. The first kappa shape index (κ1) is 15.2. The lowest BCUT2D eigenvalue weighted by Crippen LogP contribution is -2.51. The van der Waals surface area contributed by atoms with Crippen LogP contribution < -0.4 is 11.3 Å². The van der Waals surface area contributed by atoms with Crippen LogP contribution in [-0.2, 0) is 6.42 Å². The third kappa shape index (κ3) is 3.31. The molecule has 0 saturated heterocycles. The van der Waals surface area contributed by atoms with Crippen LogP contribution in [0.3, 0.4) is 0 Å². The fourth-order valence-corrected chi connectivity index (χ4v) is 2.13. The molecule has 0 radical (unpaired) electrons. The molecule has 1 rings (SSSR count). The molecule has 18 heavy (non-hydrogen) atoms. The smallest absolute Gasteiger partial charge is 0.0638 e. The number of hydrazine groups is 1. The molecule has 3 N–H and O–H groups in total. The van der Waals surface area contributed by atoms with E-state index in [1.807, 2.05) is 0 Å². The van der Waals surface area contributed by atoms with Crippen LogP contribution in [0.1, 0.15) is 44.4 Å². The van der Waals surface area contributed by atoms with Crippen LogP contribution in [0.15, 0.2) is 24.3 Å². The maximum atomic E-state index is 5.75. The largest absolute Gasteiger partial charge is 0.302 e. The van der Waals surface area contributed by atoms with Gasteiger partial charge in [0.1, 0.15) is 0 Å². The zero-order chi connectivity index (χ0) is 13.8. The lowest BCUT2D eigenvalue weighted by atomic mass is 9.87. The molecule has 102 valence electrons. The molecule has 1 atom stereocenters. The van der Waals surface area contributed by atoms with Gasteiger partial charge >= 0.3 is 0 Å². The Morgan fingerprint density at radius 2 is 1.78 bits per heavy atom. The molecule has 0 aromatic heterocycles. The summed E-state index contributed by atoms with van der Waals surface area (Å²) in [5.41, 5.74) is 5.53. The molecule has 0 aliphatic heterocycles. The molecule has 3 nitrogen and oxygen atoms in total. The molecule has 0 fully saturated rings. The average molecular weight is 249 g/mol. The molecular weight excluding hydrogens is 222 g/mol. The van der Waals surface area contributed by atoms with Crippen molar-refractivity contribution in [1.82, 2.24) is 10.3 Å². The minimum absolute atomic E-state index is 0.0407. The summed E-state index contributed by atoms with van der Waals surface area (Å²) in [7, 11) is 4.16. The molecule has 0 aliphatic carbocycles. The van der Waals surface area contributed by atoms with Gasteiger partial charge in [-0.2, -0.15) is 0 Å². The van der Waals surface area contributed by atoms with Crippen LogP contribution in [0.4, 0.5) is 0 Å². The maximum Gasteiger partial charge on any atom is 0.0638 e. The highest BCUT2D eigenvalue weighted by Gasteiger charge is 2.31. The Morgan fingerprint density at radius 3 is 2.17 bits per heavy atom. The van der Waals surface area contributed by atoms with E-state index in [4.69, 9.17) is 5.84 Å². The summed E-state index contributed by atoms with van der Waals surface area (Å²) in [6.07, 6.45) is 2.32. The van der Waals surface area contributed by atoms with Gasteiger partial charge in [0.05, 0.1) is 6.04 Å². The van der Waals surface area contributed by atoms with Crippen molar-refractivity contribution in [2.45, 2.75) is 45.2 Å². The van der Waals surface area contributed by atoms with Gasteiger partial charge in [-0.15, -0.1) is 0 Å². The Balaban J connectivity index is 2.95. The summed E-state index contributed by atoms with van der Waals surface area (Å²) >= 11 is 0. The molecular formula is C15H27N3. The minimum Gasteiger partial charge on any atom is -0.302 e. The monoisotopic (exact) mass is 249 g/mol. The van der Waals surface area contributed by atoms with Gasteiger partial charge in [0.25, 0.3) is 0 Å². The van der Waals surface area contributed by atoms with Crippen molar-refractivity contribution in [3.05, 3.63) is 35.4 Å². The summed E-state index contributed by atoms with van der Waals surface area (Å²) in [6.45, 7) is 6.59. The van der Waals surface area contributed by atoms with Gasteiger partial charge in [-0.1, -0.05) is 37.6 Å². The second kappa shape index (κ2) is 6.32. The summed E-state index contributed by atoms with van der Waals surface area (Å²) in [5.74, 6) is 5.75. The second-order valence-corrected chi connectivity index (χ2v) is 5.64. The normalized spacial score (nSPS) is 13.9. The number of nitrogens with one attached hydrogen (secondary N) is 1. The van der Waals surface area contributed by atoms with E-state index in [-0.39, 0.29) is 11.6 Å². The third-order valence-corrected chi connectivity index (χ3v) is 3.88. The summed E-state index contributed by atoms with van der Waals surface area (Å²) < 4.78 is 0. The van der Waals surface area contributed by atoms with Crippen LogP contribution in [0, 0.1) is 0 Å². The number of nitrogens with zero attached hydrogens (tertiary/aromatic N) is 1. The van der Waals surface area contributed by atoms with Crippen molar-refractivity contribution in [2.75, 3.05) is 14.1 Å². The van der Waals surface area contributed by atoms with E-state index in [0.29, 0.717) is 0 Å². The molecule has 0 amide bonds. The van der Waals surface area contributed by atoms with E-state index < -0.39 is 0 Å². The van der Waals surface area contributed by atoms with E-state index in [0.717, 1.165) is 6.42 Å². The predicted molar refractivity (Wildman–Crippen MR) is 78.3 cm³/mol.